The van der Waals surface area contributed by atoms with E-state index >= 15 is 0 Å². The number of carbonyl (C=O) groups excluding carboxylic acids is 3. The van der Waals surface area contributed by atoms with Gasteiger partial charge in [-0.05, 0) is 102 Å². The molecule has 1 amide bonds. The summed E-state index contributed by atoms with van der Waals surface area (Å²) < 4.78 is 34.1. The molecular weight excluding hydrogens is 796 g/mol. The quantitative estimate of drug-likeness (QED) is 0.0642. The molecule has 0 unspecified atom stereocenters. The van der Waals surface area contributed by atoms with Crippen molar-refractivity contribution in [3.8, 4) is 0 Å². The summed E-state index contributed by atoms with van der Waals surface area (Å²) in [6.07, 6.45) is 6.84. The lowest BCUT2D eigenvalue weighted by atomic mass is 9.71. The first kappa shape index (κ1) is 45.7. The van der Waals surface area contributed by atoms with Crippen LogP contribution in [-0.4, -0.2) is 69.1 Å². The maximum atomic E-state index is 12.8. The lowest BCUT2D eigenvalue weighted by Gasteiger charge is -2.33. The van der Waals surface area contributed by atoms with Gasteiger partial charge in [-0.25, -0.2) is 4.58 Å². The summed E-state index contributed by atoms with van der Waals surface area (Å²) in [4.78, 5) is 51.7. The van der Waals surface area contributed by atoms with Gasteiger partial charge in [-0.2, -0.15) is 13.2 Å². The number of pyridine rings is 1. The molecule has 3 N–H and O–H groups in total. The molecule has 1 aliphatic heterocycles. The number of aromatic amines is 1. The van der Waals surface area contributed by atoms with Gasteiger partial charge in [-0.3, -0.25) is 14.4 Å². The molecule has 10 nitrogen and oxygen atoms in total. The Morgan fingerprint density at radius 1 is 0.855 bits per heavy atom. The van der Waals surface area contributed by atoms with E-state index in [4.69, 9.17) is 9.90 Å². The van der Waals surface area contributed by atoms with Crippen molar-refractivity contribution < 1.29 is 32.7 Å². The van der Waals surface area contributed by atoms with Crippen LogP contribution < -0.4 is 41.4 Å². The molecule has 328 valence electrons. The van der Waals surface area contributed by atoms with E-state index in [-0.39, 0.29) is 23.4 Å². The molecule has 0 bridgehead atoms. The van der Waals surface area contributed by atoms with Crippen molar-refractivity contribution in [2.24, 2.45) is 0 Å². The maximum absolute atomic E-state index is 12.8. The number of hydrogen-bond acceptors (Lipinski definition) is 7. The number of alkyl halides is 3. The van der Waals surface area contributed by atoms with Gasteiger partial charge < -0.3 is 30.4 Å². The summed E-state index contributed by atoms with van der Waals surface area (Å²) in [6, 6.07) is 24.8. The number of benzene rings is 4. The smallest absolute Gasteiger partial charge is 0.430 e. The second-order valence-electron chi connectivity index (χ2n) is 17.0. The third-order valence-corrected chi connectivity index (χ3v) is 11.9. The summed E-state index contributed by atoms with van der Waals surface area (Å²) in [5, 5.41) is 20.1. The number of fused-ring (bicyclic) bond motifs is 6. The number of aryl methyl sites for hydroxylation is 1. The fourth-order valence-corrected chi connectivity index (χ4v) is 8.58. The van der Waals surface area contributed by atoms with E-state index in [1.54, 1.807) is 0 Å². The van der Waals surface area contributed by atoms with E-state index < -0.39 is 12.1 Å². The number of nitrogens with one attached hydrogen (secondary N) is 3. The normalized spacial score (nSPS) is 13.9. The zero-order chi connectivity index (χ0) is 44.6. The number of carbonyl (C=O) groups is 3. The predicted molar refractivity (Wildman–Crippen MR) is 238 cm³/mol. The van der Waals surface area contributed by atoms with Gasteiger partial charge in [0.2, 0.25) is 11.3 Å². The lowest BCUT2D eigenvalue weighted by Crippen LogP contribution is -2.42. The Hall–Kier alpha value is -5.82. The zero-order valence-electron chi connectivity index (χ0n) is 36.0. The molecule has 0 spiro atoms. The molecule has 2 heterocycles. The van der Waals surface area contributed by atoms with E-state index in [9.17, 15) is 27.6 Å². The molecule has 13 heteroatoms. The summed E-state index contributed by atoms with van der Waals surface area (Å²) in [5.41, 5.74) is 8.00. The lowest BCUT2D eigenvalue weighted by molar-refractivity contribution is -0.344. The molecular formula is C49H56F3N5O5. The highest BCUT2D eigenvalue weighted by molar-refractivity contribution is 6.07. The topological polar surface area (TPSA) is 137 Å². The van der Waals surface area contributed by atoms with Gasteiger partial charge in [0, 0.05) is 84.5 Å². The van der Waals surface area contributed by atoms with Crippen LogP contribution in [0, 0.1) is 0 Å². The molecule has 0 atom stereocenters. The van der Waals surface area contributed by atoms with Crippen LogP contribution in [0.25, 0.3) is 27.8 Å². The molecule has 1 aliphatic carbocycles. The largest absolute Gasteiger partial charge is 0.542 e. The van der Waals surface area contributed by atoms with Crippen molar-refractivity contribution >= 4 is 56.8 Å². The number of ketones is 1. The number of rotatable bonds is 16. The van der Waals surface area contributed by atoms with E-state index in [0.717, 1.165) is 87.3 Å². The number of unbranched alkanes of at least 4 members (excludes halogenated alkanes) is 4. The first-order valence-corrected chi connectivity index (χ1v) is 21.5. The highest BCUT2D eigenvalue weighted by atomic mass is 19.4. The number of H-pyrrole nitrogens is 1. The Labute approximate surface area is 359 Å². The monoisotopic (exact) mass is 851 g/mol. The Kier molecular flexibility index (Phi) is 14.7. The SMILES string of the molecule is CN(C)c1ccc2c(c1)C(C)(C)c1cc3c(cc1=C2)CCC[N+]=3CCCC(=O)CCCCCCCNCC(=O)Nc1ccc2[nH]c(=O)c3ccccc3c2c1.O=C([O-])C(F)(F)F. The molecule has 7 rings (SSSR count). The van der Waals surface area contributed by atoms with Crippen LogP contribution in [0.2, 0.25) is 0 Å². The Morgan fingerprint density at radius 2 is 1.56 bits per heavy atom. The fraction of sp³-hybridized carbons (Fsp3) is 0.408. The van der Waals surface area contributed by atoms with Crippen LogP contribution in [0.5, 0.6) is 0 Å². The summed E-state index contributed by atoms with van der Waals surface area (Å²) in [6.45, 7) is 7.71. The van der Waals surface area contributed by atoms with Crippen molar-refractivity contribution in [1.29, 1.82) is 0 Å². The summed E-state index contributed by atoms with van der Waals surface area (Å²) in [7, 11) is 4.20. The Bertz CT molecular complexity index is 2650. The molecule has 1 aromatic heterocycles. The van der Waals surface area contributed by atoms with E-state index in [1.807, 2.05) is 42.5 Å². The minimum absolute atomic E-state index is 0.0894. The first-order valence-electron chi connectivity index (χ1n) is 21.5. The average Bonchev–Trinajstić information content (AvgIpc) is 3.23. The number of aliphatic carboxylic acids is 1. The summed E-state index contributed by atoms with van der Waals surface area (Å²) >= 11 is 0. The Morgan fingerprint density at radius 3 is 2.31 bits per heavy atom. The zero-order valence-corrected chi connectivity index (χ0v) is 36.0. The maximum Gasteiger partial charge on any atom is 0.430 e. The second kappa shape index (κ2) is 19.9. The number of amides is 1. The van der Waals surface area contributed by atoms with Crippen LogP contribution in [0.4, 0.5) is 24.5 Å². The first-order chi connectivity index (χ1) is 29.5. The highest BCUT2D eigenvalue weighted by Gasteiger charge is 2.32. The van der Waals surface area contributed by atoms with Crippen molar-refractivity contribution in [1.82, 2.24) is 14.9 Å². The number of carboxylic acids is 1. The van der Waals surface area contributed by atoms with Crippen molar-refractivity contribution in [3.05, 3.63) is 116 Å². The molecule has 0 radical (unpaired) electrons. The molecule has 4 aromatic carbocycles. The molecule has 0 saturated carbocycles. The Balaban J connectivity index is 0.000000845. The second-order valence-corrected chi connectivity index (χ2v) is 17.0. The van der Waals surface area contributed by atoms with Gasteiger partial charge in [0.15, 0.2) is 0 Å². The molecule has 0 saturated heterocycles. The molecule has 0 fully saturated rings. The minimum Gasteiger partial charge on any atom is -0.542 e. The van der Waals surface area contributed by atoms with Crippen LogP contribution >= 0.6 is 0 Å². The van der Waals surface area contributed by atoms with Gasteiger partial charge >= 0.3 is 6.18 Å². The fourth-order valence-electron chi connectivity index (χ4n) is 8.58. The number of anilines is 2. The van der Waals surface area contributed by atoms with E-state index in [0.29, 0.717) is 29.7 Å². The van der Waals surface area contributed by atoms with Gasteiger partial charge in [-0.15, -0.1) is 0 Å². The number of nitrogens with zero attached hydrogens (tertiary/aromatic N) is 2. The van der Waals surface area contributed by atoms with E-state index in [1.165, 1.54) is 38.5 Å². The van der Waals surface area contributed by atoms with Gasteiger partial charge in [0.25, 0.3) is 5.56 Å². The van der Waals surface area contributed by atoms with Crippen LogP contribution in [-0.2, 0) is 26.2 Å². The number of aromatic nitrogens is 1. The molecule has 5 aromatic rings. The highest BCUT2D eigenvalue weighted by Crippen LogP contribution is 2.37. The van der Waals surface area contributed by atoms with Crippen LogP contribution in [0.15, 0.2) is 77.6 Å². The molecule has 62 heavy (non-hydrogen) atoms. The van der Waals surface area contributed by atoms with Crippen molar-refractivity contribution in [3.63, 3.8) is 0 Å². The minimum atomic E-state index is -5.19. The standard InChI is InChI=1S/C47H55N5O3.C2HF3O2/c1-47(2)41-29-36(51(3)4)21-19-32(41)26-34-27-33-14-12-24-52(44(33)30-42(34)47)25-13-16-37(53)15-8-6-5-7-11-23-48-31-45(54)49-35-20-22-43-40(28-35)38-17-9-10-18-39(38)46(55)50-43;3-2(4,5)1(6)7/h9-10,17-22,26-30,48H,5-8,11-16,23-25,31H2,1-4H3,(H-,49,50,54,55);(H,6,7). The third-order valence-electron chi connectivity index (χ3n) is 11.9. The predicted octanol–water partition coefficient (Wildman–Crippen LogP) is 5.87. The number of Topliss-reactive ketones (excluding diaryl/α,β-unsaturated/α-hetero) is 1. The van der Waals surface area contributed by atoms with Crippen LogP contribution in [0.1, 0.15) is 93.9 Å². The number of carboxylic acid groups (broad SMARTS) is 1. The van der Waals surface area contributed by atoms with E-state index in [2.05, 4.69) is 89.4 Å². The average molecular weight is 852 g/mol. The summed E-state index contributed by atoms with van der Waals surface area (Å²) in [5.74, 6) is -2.72. The third kappa shape index (κ3) is 11.2. The van der Waals surface area contributed by atoms with Crippen molar-refractivity contribution in [2.75, 3.05) is 50.5 Å². The number of halogens is 3. The van der Waals surface area contributed by atoms with Crippen molar-refractivity contribution in [2.45, 2.75) is 89.6 Å². The molecule has 2 aliphatic rings. The van der Waals surface area contributed by atoms with Gasteiger partial charge in [0.05, 0.1) is 6.54 Å². The van der Waals surface area contributed by atoms with Crippen LogP contribution in [0.3, 0.4) is 0 Å². The van der Waals surface area contributed by atoms with Gasteiger partial charge in [0.1, 0.15) is 24.8 Å². The number of hydrogen-bond donors (Lipinski definition) is 3. The van der Waals surface area contributed by atoms with Gasteiger partial charge in [-0.1, -0.05) is 57.4 Å².